The van der Waals surface area contributed by atoms with Crippen LogP contribution in [0.2, 0.25) is 5.02 Å². The van der Waals surface area contributed by atoms with Gasteiger partial charge in [0.2, 0.25) is 0 Å². The van der Waals surface area contributed by atoms with E-state index in [9.17, 15) is 10.1 Å². The number of hydrogen-bond donors (Lipinski definition) is 1. The van der Waals surface area contributed by atoms with Gasteiger partial charge in [-0.05, 0) is 77.6 Å². The zero-order valence-corrected chi connectivity index (χ0v) is 22.1. The van der Waals surface area contributed by atoms with Crippen LogP contribution in [0.1, 0.15) is 18.1 Å². The number of amides is 1. The van der Waals surface area contributed by atoms with Gasteiger partial charge in [-0.1, -0.05) is 51.8 Å². The van der Waals surface area contributed by atoms with E-state index < -0.39 is 5.91 Å². The van der Waals surface area contributed by atoms with Crippen molar-refractivity contribution in [3.05, 3.63) is 90.4 Å². The predicted octanol–water partition coefficient (Wildman–Crippen LogP) is 7.23. The molecule has 3 rings (SSSR count). The Kier molecular flexibility index (Phi) is 9.18. The van der Waals surface area contributed by atoms with Crippen molar-refractivity contribution in [2.45, 2.75) is 13.5 Å². The van der Waals surface area contributed by atoms with Crippen LogP contribution in [0.4, 0.5) is 5.69 Å². The molecule has 0 aliphatic heterocycles. The van der Waals surface area contributed by atoms with Crippen molar-refractivity contribution >= 4 is 67.8 Å². The molecule has 0 aliphatic rings. The van der Waals surface area contributed by atoms with Crippen molar-refractivity contribution in [3.8, 4) is 17.6 Å². The maximum Gasteiger partial charge on any atom is 0.266 e. The Hall–Kier alpha value is -2.54. The van der Waals surface area contributed by atoms with Crippen LogP contribution >= 0.6 is 50.1 Å². The first-order valence-corrected chi connectivity index (χ1v) is 12.2. The third-order valence-electron chi connectivity index (χ3n) is 4.42. The molecule has 0 heterocycles. The SMILES string of the molecule is CCOc1cc(/C=C(\C#N)C(=O)Nc2cccc(Cl)c2)cc(I)c1OCc1ccccc1Br. The molecule has 3 aromatic carbocycles. The molecular formula is C25H19BrClIN2O3. The first-order valence-electron chi connectivity index (χ1n) is 9.92. The second kappa shape index (κ2) is 12.1. The first-order chi connectivity index (χ1) is 15.9. The van der Waals surface area contributed by atoms with Crippen molar-refractivity contribution in [1.29, 1.82) is 5.26 Å². The summed E-state index contributed by atoms with van der Waals surface area (Å²) < 4.78 is 13.6. The largest absolute Gasteiger partial charge is 0.490 e. The number of halogens is 3. The monoisotopic (exact) mass is 636 g/mol. The number of nitriles is 1. The molecule has 8 heteroatoms. The summed E-state index contributed by atoms with van der Waals surface area (Å²) in [5, 5.41) is 12.7. The average molecular weight is 638 g/mol. The lowest BCUT2D eigenvalue weighted by Crippen LogP contribution is -2.13. The first kappa shape index (κ1) is 25.1. The van der Waals surface area contributed by atoms with Crippen LogP contribution in [0.25, 0.3) is 6.08 Å². The van der Waals surface area contributed by atoms with E-state index in [1.807, 2.05) is 43.3 Å². The van der Waals surface area contributed by atoms with Crippen LogP contribution in [0.15, 0.2) is 70.7 Å². The van der Waals surface area contributed by atoms with Gasteiger partial charge in [-0.2, -0.15) is 5.26 Å². The minimum atomic E-state index is -0.526. The van der Waals surface area contributed by atoms with Gasteiger partial charge in [-0.15, -0.1) is 0 Å². The van der Waals surface area contributed by atoms with E-state index in [0.717, 1.165) is 13.6 Å². The smallest absolute Gasteiger partial charge is 0.266 e. The molecule has 0 aliphatic carbocycles. The molecule has 3 aromatic rings. The third kappa shape index (κ3) is 6.97. The van der Waals surface area contributed by atoms with Crippen LogP contribution in [0.3, 0.4) is 0 Å². The molecule has 0 bridgehead atoms. The minimum absolute atomic E-state index is 0.0462. The molecular weight excluding hydrogens is 619 g/mol. The van der Waals surface area contributed by atoms with Crippen LogP contribution in [0.5, 0.6) is 11.5 Å². The Morgan fingerprint density at radius 2 is 1.97 bits per heavy atom. The van der Waals surface area contributed by atoms with Crippen LogP contribution < -0.4 is 14.8 Å². The number of carbonyl (C=O) groups is 1. The summed E-state index contributed by atoms with van der Waals surface area (Å²) >= 11 is 11.6. The second-order valence-electron chi connectivity index (χ2n) is 6.78. The predicted molar refractivity (Wildman–Crippen MR) is 142 cm³/mol. The Morgan fingerprint density at radius 1 is 1.18 bits per heavy atom. The summed E-state index contributed by atoms with van der Waals surface area (Å²) in [5.41, 5.74) is 2.11. The summed E-state index contributed by atoms with van der Waals surface area (Å²) in [6.07, 6.45) is 1.52. The standard InChI is InChI=1S/C25H19BrClIN2O3/c1-2-32-23-12-16(10-18(14-29)25(31)30-20-8-5-7-19(27)13-20)11-22(28)24(23)33-15-17-6-3-4-9-21(17)26/h3-13H,2,15H2,1H3,(H,30,31)/b18-10+. The van der Waals surface area contributed by atoms with Crippen molar-refractivity contribution in [2.75, 3.05) is 11.9 Å². The van der Waals surface area contributed by atoms with Crippen molar-refractivity contribution < 1.29 is 14.3 Å². The van der Waals surface area contributed by atoms with Gasteiger partial charge >= 0.3 is 0 Å². The fourth-order valence-electron chi connectivity index (χ4n) is 2.92. The molecule has 33 heavy (non-hydrogen) atoms. The van der Waals surface area contributed by atoms with Gasteiger partial charge in [0.1, 0.15) is 18.2 Å². The van der Waals surface area contributed by atoms with Crippen molar-refractivity contribution in [3.63, 3.8) is 0 Å². The molecule has 0 atom stereocenters. The zero-order valence-electron chi connectivity index (χ0n) is 17.6. The van der Waals surface area contributed by atoms with Crippen molar-refractivity contribution in [2.24, 2.45) is 0 Å². The van der Waals surface area contributed by atoms with E-state index in [4.69, 9.17) is 21.1 Å². The summed E-state index contributed by atoms with van der Waals surface area (Å²) in [6.45, 7) is 2.68. The Balaban J connectivity index is 1.86. The number of carbonyl (C=O) groups excluding carboxylic acids is 1. The molecule has 1 N–H and O–H groups in total. The van der Waals surface area contributed by atoms with Gasteiger partial charge in [-0.3, -0.25) is 4.79 Å². The summed E-state index contributed by atoms with van der Waals surface area (Å²) in [5.74, 6) is 0.615. The number of nitrogens with one attached hydrogen (secondary N) is 1. The Bertz CT molecular complexity index is 1240. The Labute approximate surface area is 219 Å². The molecule has 5 nitrogen and oxygen atoms in total. The normalized spacial score (nSPS) is 10.9. The molecule has 0 unspecified atom stereocenters. The molecule has 0 aromatic heterocycles. The van der Waals surface area contributed by atoms with Crippen molar-refractivity contribution in [1.82, 2.24) is 0 Å². The van der Waals surface area contributed by atoms with Crippen LogP contribution in [-0.4, -0.2) is 12.5 Å². The average Bonchev–Trinajstić information content (AvgIpc) is 2.78. The number of nitrogens with zero attached hydrogens (tertiary/aromatic N) is 1. The number of rotatable bonds is 8. The summed E-state index contributed by atoms with van der Waals surface area (Å²) in [7, 11) is 0. The molecule has 0 saturated carbocycles. The number of hydrogen-bond acceptors (Lipinski definition) is 4. The highest BCUT2D eigenvalue weighted by atomic mass is 127. The van der Waals surface area contributed by atoms with E-state index in [2.05, 4.69) is 43.8 Å². The number of ether oxygens (including phenoxy) is 2. The molecule has 0 spiro atoms. The highest BCUT2D eigenvalue weighted by molar-refractivity contribution is 14.1. The molecule has 1 amide bonds. The Morgan fingerprint density at radius 3 is 2.67 bits per heavy atom. The summed E-state index contributed by atoms with van der Waals surface area (Å²) in [4.78, 5) is 12.6. The topological polar surface area (TPSA) is 71.3 Å². The van der Waals surface area contributed by atoms with E-state index in [1.54, 1.807) is 30.3 Å². The van der Waals surface area contributed by atoms with E-state index in [0.29, 0.717) is 41.0 Å². The number of benzene rings is 3. The van der Waals surface area contributed by atoms with E-state index in [1.165, 1.54) is 6.08 Å². The van der Waals surface area contributed by atoms with E-state index >= 15 is 0 Å². The molecule has 0 radical (unpaired) electrons. The lowest BCUT2D eigenvalue weighted by molar-refractivity contribution is -0.112. The van der Waals surface area contributed by atoms with Gasteiger partial charge in [0.15, 0.2) is 11.5 Å². The van der Waals surface area contributed by atoms with Gasteiger partial charge in [0.05, 0.1) is 10.2 Å². The maximum atomic E-state index is 12.6. The fraction of sp³-hybridized carbons (Fsp3) is 0.120. The van der Waals surface area contributed by atoms with Gasteiger partial charge < -0.3 is 14.8 Å². The van der Waals surface area contributed by atoms with Gasteiger partial charge in [-0.25, -0.2) is 0 Å². The van der Waals surface area contributed by atoms with Gasteiger partial charge in [0, 0.05) is 20.7 Å². The minimum Gasteiger partial charge on any atom is -0.490 e. The second-order valence-corrected chi connectivity index (χ2v) is 9.23. The van der Waals surface area contributed by atoms with Crippen LogP contribution in [-0.2, 0) is 11.4 Å². The molecule has 0 saturated heterocycles. The molecule has 0 fully saturated rings. The maximum absolute atomic E-state index is 12.6. The zero-order chi connectivity index (χ0) is 23.8. The highest BCUT2D eigenvalue weighted by Crippen LogP contribution is 2.36. The lowest BCUT2D eigenvalue weighted by Gasteiger charge is -2.15. The highest BCUT2D eigenvalue weighted by Gasteiger charge is 2.15. The van der Waals surface area contributed by atoms with Gasteiger partial charge in [0.25, 0.3) is 5.91 Å². The quantitative estimate of drug-likeness (QED) is 0.161. The van der Waals surface area contributed by atoms with E-state index in [-0.39, 0.29) is 5.57 Å². The lowest BCUT2D eigenvalue weighted by atomic mass is 10.1. The summed E-state index contributed by atoms with van der Waals surface area (Å²) in [6, 6.07) is 20.1. The fourth-order valence-corrected chi connectivity index (χ4v) is 4.29. The number of anilines is 1. The molecule has 168 valence electrons. The third-order valence-corrected chi connectivity index (χ3v) is 6.23. The van der Waals surface area contributed by atoms with Crippen LogP contribution in [0, 0.1) is 14.9 Å².